The van der Waals surface area contributed by atoms with Crippen molar-refractivity contribution in [2.75, 3.05) is 19.0 Å². The molecule has 0 aliphatic carbocycles. The zero-order valence-electron chi connectivity index (χ0n) is 26.2. The van der Waals surface area contributed by atoms with E-state index in [1.54, 1.807) is 13.8 Å². The maximum atomic E-state index is 12.9. The largest absolute Gasteiger partial charge is 0.559 e. The molecule has 0 aromatic heterocycles. The summed E-state index contributed by atoms with van der Waals surface area (Å²) < 4.78 is 29.5. The summed E-state index contributed by atoms with van der Waals surface area (Å²) in [7, 11) is -2.72. The first kappa shape index (κ1) is 38.8. The van der Waals surface area contributed by atoms with Gasteiger partial charge in [-0.05, 0) is 50.4 Å². The van der Waals surface area contributed by atoms with E-state index in [0.29, 0.717) is 6.42 Å². The lowest BCUT2D eigenvalue weighted by atomic mass is 10.1. The molecule has 232 valence electrons. The van der Waals surface area contributed by atoms with E-state index in [1.165, 1.54) is 89.9 Å². The number of hydrogen-bond donors (Lipinski definition) is 1. The van der Waals surface area contributed by atoms with Crippen LogP contribution in [0.25, 0.3) is 0 Å². The zero-order chi connectivity index (χ0) is 29.4. The Balaban J connectivity index is 5.02. The molecule has 0 radical (unpaired) electrons. The van der Waals surface area contributed by atoms with Crippen molar-refractivity contribution in [1.82, 2.24) is 0 Å². The lowest BCUT2D eigenvalue weighted by Crippen LogP contribution is -2.49. The monoisotopic (exact) mass is 593 g/mol. The second-order valence-electron chi connectivity index (χ2n) is 10.8. The van der Waals surface area contributed by atoms with E-state index >= 15 is 0 Å². The number of ether oxygens (including phenoxy) is 2. The average molecular weight is 594 g/mol. The highest BCUT2D eigenvalue weighted by molar-refractivity contribution is 7.99. The molecule has 0 heterocycles. The highest BCUT2D eigenvalue weighted by Crippen LogP contribution is 2.43. The fourth-order valence-corrected chi connectivity index (χ4v) is 7.09. The Labute approximate surface area is 246 Å². The Kier molecular flexibility index (Phi) is 25.4. The fourth-order valence-electron chi connectivity index (χ4n) is 4.63. The van der Waals surface area contributed by atoms with Gasteiger partial charge >= 0.3 is 19.3 Å². The van der Waals surface area contributed by atoms with Gasteiger partial charge in [-0.2, -0.15) is 11.8 Å². The van der Waals surface area contributed by atoms with Gasteiger partial charge in [0, 0.05) is 5.25 Å². The van der Waals surface area contributed by atoms with Crippen LogP contribution in [0.2, 0.25) is 0 Å². The van der Waals surface area contributed by atoms with Crippen LogP contribution in [0.5, 0.6) is 0 Å². The Morgan fingerprint density at radius 3 is 1.82 bits per heavy atom. The number of rotatable bonds is 28. The van der Waals surface area contributed by atoms with Gasteiger partial charge in [-0.3, -0.25) is 0 Å². The number of thioether (sulfide) groups is 1. The highest BCUT2D eigenvalue weighted by atomic mass is 32.2. The van der Waals surface area contributed by atoms with Crippen molar-refractivity contribution >= 4 is 25.8 Å². The summed E-state index contributed by atoms with van der Waals surface area (Å²) in [5.74, 6) is 0.130. The minimum Gasteiger partial charge on any atom is -0.460 e. The van der Waals surface area contributed by atoms with Crippen LogP contribution >= 0.6 is 19.8 Å². The van der Waals surface area contributed by atoms with Gasteiger partial charge in [-0.15, -0.1) is 4.52 Å². The Hall–Kier alpha value is -0.200. The first-order valence-electron chi connectivity index (χ1n) is 16.1. The number of esters is 1. The summed E-state index contributed by atoms with van der Waals surface area (Å²) in [6.45, 7) is 11.9. The summed E-state index contributed by atoms with van der Waals surface area (Å²) in [4.78, 5) is 12.7. The van der Waals surface area contributed by atoms with Crippen LogP contribution in [-0.2, 0) is 23.4 Å². The average Bonchev–Trinajstić information content (AvgIpc) is 2.92. The van der Waals surface area contributed by atoms with Crippen LogP contribution < -0.4 is 0 Å². The van der Waals surface area contributed by atoms with E-state index in [9.17, 15) is 14.5 Å². The van der Waals surface area contributed by atoms with Crippen molar-refractivity contribution in [3.05, 3.63) is 0 Å². The Morgan fingerprint density at radius 2 is 1.31 bits per heavy atom. The SMILES string of the molecule is CCCCCCCCCCCSC(CCCCCCCC)C(C)OC(C)C(O)(C(=O)OCC)[P+](=O)OCCC. The third-order valence-electron chi connectivity index (χ3n) is 7.20. The minimum atomic E-state index is -2.72. The summed E-state index contributed by atoms with van der Waals surface area (Å²) in [5, 5.41) is 9.16. The third kappa shape index (κ3) is 17.4. The molecule has 39 heavy (non-hydrogen) atoms. The number of aliphatic hydroxyl groups is 1. The van der Waals surface area contributed by atoms with Crippen LogP contribution in [0.15, 0.2) is 0 Å². The predicted octanol–water partition coefficient (Wildman–Crippen LogP) is 9.58. The predicted molar refractivity (Wildman–Crippen MR) is 167 cm³/mol. The van der Waals surface area contributed by atoms with Gasteiger partial charge < -0.3 is 14.6 Å². The smallest absolute Gasteiger partial charge is 0.460 e. The molecule has 0 aliphatic heterocycles. The second kappa shape index (κ2) is 25.5. The van der Waals surface area contributed by atoms with Crippen LogP contribution in [-0.4, -0.2) is 52.8 Å². The standard InChI is InChI=1S/C31H62O6PS/c1-7-11-13-15-17-18-19-21-23-26-39-29(24-22-20-16-14-12-8-2)27(5)37-28(6)31(33,30(32)35-10-4)38(34)36-25-9-3/h27-29,33H,7-26H2,1-6H3/q+1. The normalized spacial score (nSPS) is 15.9. The van der Waals surface area contributed by atoms with Gasteiger partial charge in [0.15, 0.2) is 0 Å². The van der Waals surface area contributed by atoms with Gasteiger partial charge in [-0.25, -0.2) is 4.79 Å². The second-order valence-corrected chi connectivity index (χ2v) is 13.6. The Bertz CT molecular complexity index is 608. The van der Waals surface area contributed by atoms with E-state index in [2.05, 4.69) is 13.8 Å². The van der Waals surface area contributed by atoms with E-state index < -0.39 is 25.4 Å². The molecule has 6 nitrogen and oxygen atoms in total. The molecular weight excluding hydrogens is 531 g/mol. The third-order valence-corrected chi connectivity index (χ3v) is 10.3. The van der Waals surface area contributed by atoms with Crippen molar-refractivity contribution in [1.29, 1.82) is 0 Å². The molecule has 0 bridgehead atoms. The van der Waals surface area contributed by atoms with E-state index in [4.69, 9.17) is 14.0 Å². The number of hydrogen-bond acceptors (Lipinski definition) is 7. The van der Waals surface area contributed by atoms with Crippen LogP contribution in [0, 0.1) is 0 Å². The van der Waals surface area contributed by atoms with E-state index in [1.807, 2.05) is 25.6 Å². The molecule has 1 N–H and O–H groups in total. The topological polar surface area (TPSA) is 82.1 Å². The van der Waals surface area contributed by atoms with Gasteiger partial charge in [0.1, 0.15) is 12.7 Å². The van der Waals surface area contributed by atoms with Gasteiger partial charge in [0.2, 0.25) is 0 Å². The summed E-state index contributed by atoms with van der Waals surface area (Å²) in [6.07, 6.45) is 19.7. The maximum Gasteiger partial charge on any atom is 0.559 e. The van der Waals surface area contributed by atoms with Gasteiger partial charge in [0.05, 0.1) is 12.7 Å². The van der Waals surface area contributed by atoms with Crippen molar-refractivity contribution in [2.45, 2.75) is 173 Å². The summed E-state index contributed by atoms with van der Waals surface area (Å²) >= 11 is 1.94. The van der Waals surface area contributed by atoms with E-state index in [0.717, 1.165) is 18.6 Å². The zero-order valence-corrected chi connectivity index (χ0v) is 27.9. The van der Waals surface area contributed by atoms with Crippen molar-refractivity contribution < 1.29 is 28.5 Å². The first-order chi connectivity index (χ1) is 18.8. The molecule has 8 heteroatoms. The molecule has 5 unspecified atom stereocenters. The number of unbranched alkanes of at least 4 members (excludes halogenated alkanes) is 13. The lowest BCUT2D eigenvalue weighted by molar-refractivity contribution is -0.171. The van der Waals surface area contributed by atoms with Crippen LogP contribution in [0.1, 0.15) is 151 Å². The van der Waals surface area contributed by atoms with Crippen molar-refractivity contribution in [3.63, 3.8) is 0 Å². The van der Waals surface area contributed by atoms with Crippen molar-refractivity contribution in [2.24, 2.45) is 0 Å². The molecule has 0 spiro atoms. The molecule has 0 rings (SSSR count). The number of carbonyl (C=O) groups excluding carboxylic acids is 1. The maximum absolute atomic E-state index is 12.9. The summed E-state index contributed by atoms with van der Waals surface area (Å²) in [5.41, 5.74) is 0. The molecule has 0 amide bonds. The Morgan fingerprint density at radius 1 is 0.795 bits per heavy atom. The molecular formula is C31H62O6PS+. The van der Waals surface area contributed by atoms with E-state index in [-0.39, 0.29) is 24.6 Å². The quantitative estimate of drug-likeness (QED) is 0.0549. The lowest BCUT2D eigenvalue weighted by Gasteiger charge is -2.29. The molecule has 0 aromatic rings. The fraction of sp³-hybridized carbons (Fsp3) is 0.968. The van der Waals surface area contributed by atoms with Crippen LogP contribution in [0.3, 0.4) is 0 Å². The molecule has 0 saturated heterocycles. The summed E-state index contributed by atoms with van der Waals surface area (Å²) in [6, 6.07) is 0. The van der Waals surface area contributed by atoms with Gasteiger partial charge in [-0.1, -0.05) is 111 Å². The van der Waals surface area contributed by atoms with Crippen LogP contribution in [0.4, 0.5) is 0 Å². The number of carbonyl (C=O) groups is 1. The van der Waals surface area contributed by atoms with Gasteiger partial charge in [0.25, 0.3) is 0 Å². The first-order valence-corrected chi connectivity index (χ1v) is 18.3. The van der Waals surface area contributed by atoms with Crippen molar-refractivity contribution in [3.8, 4) is 0 Å². The molecule has 5 atom stereocenters. The molecule has 0 saturated carbocycles. The molecule has 0 aromatic carbocycles. The molecule has 0 aliphatic rings. The minimum absolute atomic E-state index is 0.0790. The molecule has 0 fully saturated rings. The highest BCUT2D eigenvalue weighted by Gasteiger charge is 2.64.